The lowest BCUT2D eigenvalue weighted by Gasteiger charge is -2.22. The highest BCUT2D eigenvalue weighted by molar-refractivity contribution is 6.18. The van der Waals surface area contributed by atoms with Gasteiger partial charge in [0.15, 0.2) is 0 Å². The summed E-state index contributed by atoms with van der Waals surface area (Å²) in [6, 6.07) is 1.27. The second-order valence-electron chi connectivity index (χ2n) is 4.11. The Balaban J connectivity index is 2.24. The van der Waals surface area contributed by atoms with Crippen molar-refractivity contribution in [2.75, 3.05) is 5.88 Å². The van der Waals surface area contributed by atoms with Crippen LogP contribution in [0.5, 0.6) is 0 Å². The highest BCUT2D eigenvalue weighted by Crippen LogP contribution is 2.18. The van der Waals surface area contributed by atoms with E-state index < -0.39 is 0 Å². The predicted molar refractivity (Wildman–Crippen MR) is 59.4 cm³/mol. The maximum absolute atomic E-state index is 5.87. The summed E-state index contributed by atoms with van der Waals surface area (Å²) in [5.41, 5.74) is 0. The van der Waals surface area contributed by atoms with Crippen LogP contribution in [-0.4, -0.2) is 18.0 Å². The van der Waals surface area contributed by atoms with E-state index in [9.17, 15) is 0 Å². The molecular formula is C11H22ClN. The molecule has 1 nitrogen and oxygen atoms in total. The summed E-state index contributed by atoms with van der Waals surface area (Å²) in [7, 11) is 0. The number of nitrogens with one attached hydrogen (secondary N) is 1. The Morgan fingerprint density at radius 1 is 1.23 bits per heavy atom. The molecule has 0 amide bonds. The molecule has 0 radical (unpaired) electrons. The molecule has 1 saturated carbocycles. The van der Waals surface area contributed by atoms with Crippen LogP contribution >= 0.6 is 11.6 Å². The monoisotopic (exact) mass is 203 g/mol. The summed E-state index contributed by atoms with van der Waals surface area (Å²) in [6.07, 6.45) is 9.51. The number of alkyl halides is 1. The minimum atomic E-state index is 0.532. The van der Waals surface area contributed by atoms with E-state index in [0.29, 0.717) is 6.04 Å². The van der Waals surface area contributed by atoms with Crippen molar-refractivity contribution in [3.05, 3.63) is 0 Å². The van der Waals surface area contributed by atoms with Gasteiger partial charge < -0.3 is 5.32 Å². The van der Waals surface area contributed by atoms with Crippen molar-refractivity contribution in [1.82, 2.24) is 5.32 Å². The standard InChI is InChI=1S/C11H22ClN/c1-2-10(9-12)13-11-7-5-3-4-6-8-11/h10-11,13H,2-9H2,1H3. The smallest absolute Gasteiger partial charge is 0.0377 e. The highest BCUT2D eigenvalue weighted by Gasteiger charge is 2.14. The summed E-state index contributed by atoms with van der Waals surface area (Å²) < 4.78 is 0. The van der Waals surface area contributed by atoms with Crippen molar-refractivity contribution in [1.29, 1.82) is 0 Å². The first-order valence-corrected chi connectivity index (χ1v) is 6.22. The van der Waals surface area contributed by atoms with Gasteiger partial charge in [0.2, 0.25) is 0 Å². The predicted octanol–water partition coefficient (Wildman–Crippen LogP) is 3.32. The zero-order valence-electron chi connectivity index (χ0n) is 8.69. The SMILES string of the molecule is CCC(CCl)NC1CCCCCC1. The molecule has 1 aliphatic carbocycles. The quantitative estimate of drug-likeness (QED) is 0.546. The molecule has 0 aromatic carbocycles. The molecular weight excluding hydrogens is 182 g/mol. The van der Waals surface area contributed by atoms with E-state index in [4.69, 9.17) is 11.6 Å². The van der Waals surface area contributed by atoms with Crippen LogP contribution in [0.1, 0.15) is 51.9 Å². The number of hydrogen-bond donors (Lipinski definition) is 1. The van der Waals surface area contributed by atoms with E-state index in [0.717, 1.165) is 18.3 Å². The van der Waals surface area contributed by atoms with Crippen LogP contribution < -0.4 is 5.32 Å². The lowest BCUT2D eigenvalue weighted by atomic mass is 10.1. The van der Waals surface area contributed by atoms with Gasteiger partial charge in [0, 0.05) is 18.0 Å². The van der Waals surface area contributed by atoms with Crippen LogP contribution in [0.25, 0.3) is 0 Å². The first-order chi connectivity index (χ1) is 6.36. The molecule has 0 aromatic rings. The topological polar surface area (TPSA) is 12.0 Å². The molecule has 1 atom stereocenters. The van der Waals surface area contributed by atoms with Gasteiger partial charge in [-0.1, -0.05) is 32.6 Å². The van der Waals surface area contributed by atoms with E-state index in [1.54, 1.807) is 0 Å². The fourth-order valence-corrected chi connectivity index (χ4v) is 2.36. The Morgan fingerprint density at radius 3 is 2.31 bits per heavy atom. The first kappa shape index (κ1) is 11.3. The summed E-state index contributed by atoms with van der Waals surface area (Å²) in [5.74, 6) is 0.757. The Morgan fingerprint density at radius 2 is 1.85 bits per heavy atom. The van der Waals surface area contributed by atoms with E-state index >= 15 is 0 Å². The summed E-state index contributed by atoms with van der Waals surface area (Å²) in [6.45, 7) is 2.21. The van der Waals surface area contributed by atoms with Crippen LogP contribution in [-0.2, 0) is 0 Å². The molecule has 1 N–H and O–H groups in total. The van der Waals surface area contributed by atoms with Crippen molar-refractivity contribution in [3.8, 4) is 0 Å². The summed E-state index contributed by atoms with van der Waals surface area (Å²) >= 11 is 5.87. The van der Waals surface area contributed by atoms with Gasteiger partial charge in [-0.2, -0.15) is 0 Å². The number of rotatable bonds is 4. The van der Waals surface area contributed by atoms with Crippen LogP contribution in [0, 0.1) is 0 Å². The second-order valence-corrected chi connectivity index (χ2v) is 4.42. The molecule has 0 heterocycles. The third kappa shape index (κ3) is 4.33. The van der Waals surface area contributed by atoms with E-state index in [1.165, 1.54) is 38.5 Å². The maximum atomic E-state index is 5.87. The largest absolute Gasteiger partial charge is 0.310 e. The molecule has 78 valence electrons. The summed E-state index contributed by atoms with van der Waals surface area (Å²) in [4.78, 5) is 0. The Hall–Kier alpha value is 0.250. The van der Waals surface area contributed by atoms with Crippen molar-refractivity contribution >= 4 is 11.6 Å². The van der Waals surface area contributed by atoms with Crippen molar-refractivity contribution in [2.24, 2.45) is 0 Å². The Bertz CT molecular complexity index is 115. The average Bonchev–Trinajstić information content (AvgIpc) is 2.42. The van der Waals surface area contributed by atoms with Crippen molar-refractivity contribution in [2.45, 2.75) is 64.0 Å². The van der Waals surface area contributed by atoms with E-state index in [1.807, 2.05) is 0 Å². The van der Waals surface area contributed by atoms with Gasteiger partial charge in [0.25, 0.3) is 0 Å². The van der Waals surface area contributed by atoms with E-state index in [2.05, 4.69) is 12.2 Å². The third-order valence-corrected chi connectivity index (χ3v) is 3.38. The minimum absolute atomic E-state index is 0.532. The molecule has 0 aromatic heterocycles. The fraction of sp³-hybridized carbons (Fsp3) is 1.00. The van der Waals surface area contributed by atoms with Gasteiger partial charge >= 0.3 is 0 Å². The highest BCUT2D eigenvalue weighted by atomic mass is 35.5. The molecule has 1 aliphatic rings. The molecule has 0 bridgehead atoms. The molecule has 0 aliphatic heterocycles. The van der Waals surface area contributed by atoms with Crippen LogP contribution in [0.2, 0.25) is 0 Å². The Labute approximate surface area is 87.2 Å². The summed E-state index contributed by atoms with van der Waals surface area (Å²) in [5, 5.41) is 3.66. The average molecular weight is 204 g/mol. The molecule has 13 heavy (non-hydrogen) atoms. The normalized spacial score (nSPS) is 22.6. The van der Waals surface area contributed by atoms with Crippen LogP contribution in [0.15, 0.2) is 0 Å². The molecule has 1 unspecified atom stereocenters. The molecule has 0 saturated heterocycles. The second kappa shape index (κ2) is 6.67. The van der Waals surface area contributed by atoms with Crippen molar-refractivity contribution < 1.29 is 0 Å². The molecule has 1 rings (SSSR count). The first-order valence-electron chi connectivity index (χ1n) is 5.68. The van der Waals surface area contributed by atoms with Crippen LogP contribution in [0.3, 0.4) is 0 Å². The van der Waals surface area contributed by atoms with Gasteiger partial charge in [0.05, 0.1) is 0 Å². The lowest BCUT2D eigenvalue weighted by Crippen LogP contribution is -2.38. The molecule has 2 heteroatoms. The van der Waals surface area contributed by atoms with Crippen molar-refractivity contribution in [3.63, 3.8) is 0 Å². The molecule has 1 fully saturated rings. The zero-order valence-corrected chi connectivity index (χ0v) is 9.45. The number of hydrogen-bond acceptors (Lipinski definition) is 1. The molecule has 0 spiro atoms. The van der Waals surface area contributed by atoms with Gasteiger partial charge in [-0.3, -0.25) is 0 Å². The lowest BCUT2D eigenvalue weighted by molar-refractivity contribution is 0.403. The van der Waals surface area contributed by atoms with Gasteiger partial charge in [-0.05, 0) is 19.3 Å². The van der Waals surface area contributed by atoms with Gasteiger partial charge in [0.1, 0.15) is 0 Å². The third-order valence-electron chi connectivity index (χ3n) is 3.01. The van der Waals surface area contributed by atoms with Gasteiger partial charge in [-0.25, -0.2) is 0 Å². The van der Waals surface area contributed by atoms with E-state index in [-0.39, 0.29) is 0 Å². The Kier molecular flexibility index (Phi) is 5.81. The maximum Gasteiger partial charge on any atom is 0.0377 e. The zero-order chi connectivity index (χ0) is 9.52. The minimum Gasteiger partial charge on any atom is -0.310 e. The van der Waals surface area contributed by atoms with Crippen LogP contribution in [0.4, 0.5) is 0 Å². The van der Waals surface area contributed by atoms with Gasteiger partial charge in [-0.15, -0.1) is 11.6 Å². The number of halogens is 1. The fourth-order valence-electron chi connectivity index (χ4n) is 2.05.